The lowest BCUT2D eigenvalue weighted by atomic mass is 10.2. The molecule has 0 aromatic heterocycles. The number of ether oxygens (including phenoxy) is 3. The SMILES string of the molecule is COC(OC)(OC)C([SiH3])CC(F)(F)F. The third-order valence-electron chi connectivity index (χ3n) is 1.99. The molecule has 0 aromatic carbocycles. The Balaban J connectivity index is 4.52. The zero-order valence-electron chi connectivity index (χ0n) is 8.64. The van der Waals surface area contributed by atoms with Crippen molar-refractivity contribution in [3.05, 3.63) is 0 Å². The minimum absolute atomic E-state index is 0.261. The fourth-order valence-electron chi connectivity index (χ4n) is 1.33. The van der Waals surface area contributed by atoms with Gasteiger partial charge in [0.05, 0.1) is 6.42 Å². The molecule has 0 heterocycles. The molecule has 7 heteroatoms. The molecule has 3 nitrogen and oxygen atoms in total. The van der Waals surface area contributed by atoms with Gasteiger partial charge in [-0.3, -0.25) is 0 Å². The monoisotopic (exact) mass is 232 g/mol. The topological polar surface area (TPSA) is 27.7 Å². The van der Waals surface area contributed by atoms with Crippen molar-refractivity contribution in [2.24, 2.45) is 0 Å². The van der Waals surface area contributed by atoms with Gasteiger partial charge in [0.15, 0.2) is 0 Å². The van der Waals surface area contributed by atoms with Gasteiger partial charge in [-0.1, -0.05) is 0 Å². The minimum Gasteiger partial charge on any atom is -0.331 e. The Kier molecular flexibility index (Phi) is 5.06. The van der Waals surface area contributed by atoms with Gasteiger partial charge in [-0.15, -0.1) is 0 Å². The summed E-state index contributed by atoms with van der Waals surface area (Å²) in [4.78, 5) is 0. The van der Waals surface area contributed by atoms with Crippen LogP contribution in [0.15, 0.2) is 0 Å². The van der Waals surface area contributed by atoms with Crippen molar-refractivity contribution in [1.29, 1.82) is 0 Å². The van der Waals surface area contributed by atoms with E-state index < -0.39 is 24.1 Å². The third kappa shape index (κ3) is 3.56. The van der Waals surface area contributed by atoms with Gasteiger partial charge in [-0.05, 0) is 0 Å². The van der Waals surface area contributed by atoms with Gasteiger partial charge in [0.25, 0.3) is 5.97 Å². The number of hydrogen-bond donors (Lipinski definition) is 0. The van der Waals surface area contributed by atoms with Crippen molar-refractivity contribution in [3.8, 4) is 0 Å². The first kappa shape index (κ1) is 13.9. The summed E-state index contributed by atoms with van der Waals surface area (Å²) in [6, 6.07) is 0. The molecule has 1 unspecified atom stereocenters. The van der Waals surface area contributed by atoms with Crippen molar-refractivity contribution in [1.82, 2.24) is 0 Å². The highest BCUT2D eigenvalue weighted by Gasteiger charge is 2.43. The molecular weight excluding hydrogens is 217 g/mol. The molecule has 0 aliphatic rings. The highest BCUT2D eigenvalue weighted by molar-refractivity contribution is 6.12. The molecule has 0 fully saturated rings. The van der Waals surface area contributed by atoms with Gasteiger partial charge in [0.2, 0.25) is 0 Å². The first-order valence-electron chi connectivity index (χ1n) is 4.03. The Morgan fingerprint density at radius 2 is 1.43 bits per heavy atom. The maximum atomic E-state index is 12.1. The molecule has 1 atom stereocenters. The summed E-state index contributed by atoms with van der Waals surface area (Å²) in [6.45, 7) is 0. The normalized spacial score (nSPS) is 15.9. The second-order valence-electron chi connectivity index (χ2n) is 2.94. The second-order valence-corrected chi connectivity index (χ2v) is 4.33. The van der Waals surface area contributed by atoms with Crippen molar-refractivity contribution >= 4 is 10.2 Å². The maximum Gasteiger partial charge on any atom is 0.389 e. The first-order valence-corrected chi connectivity index (χ1v) is 5.19. The van der Waals surface area contributed by atoms with Crippen LogP contribution in [0.1, 0.15) is 6.42 Å². The molecule has 0 aromatic rings. The quantitative estimate of drug-likeness (QED) is 0.515. The van der Waals surface area contributed by atoms with Crippen molar-refractivity contribution < 1.29 is 27.4 Å². The van der Waals surface area contributed by atoms with Crippen LogP contribution in [0.25, 0.3) is 0 Å². The van der Waals surface area contributed by atoms with Crippen LogP contribution < -0.4 is 0 Å². The molecule has 0 rings (SSSR count). The predicted octanol–water partition coefficient (Wildman–Crippen LogP) is 0.686. The third-order valence-corrected chi connectivity index (χ3v) is 3.11. The van der Waals surface area contributed by atoms with Gasteiger partial charge in [0.1, 0.15) is 0 Å². The standard InChI is InChI=1S/C7H15F3O3Si/c1-11-7(12-2,13-3)5(14)4-6(8,9)10/h5H,4H2,1-3,14H3. The fraction of sp³-hybridized carbons (Fsp3) is 1.00. The first-order chi connectivity index (χ1) is 6.31. The molecule has 0 radical (unpaired) electrons. The van der Waals surface area contributed by atoms with Crippen LogP contribution in [0.4, 0.5) is 13.2 Å². The van der Waals surface area contributed by atoms with Crippen LogP contribution in [-0.4, -0.2) is 43.7 Å². The van der Waals surface area contributed by atoms with E-state index in [1.165, 1.54) is 21.3 Å². The highest BCUT2D eigenvalue weighted by atomic mass is 28.1. The largest absolute Gasteiger partial charge is 0.389 e. The highest BCUT2D eigenvalue weighted by Crippen LogP contribution is 2.36. The molecule has 0 amide bonds. The summed E-state index contributed by atoms with van der Waals surface area (Å²) in [5, 5.41) is 0. The number of methoxy groups -OCH3 is 3. The van der Waals surface area contributed by atoms with Crippen LogP contribution in [0.2, 0.25) is 5.54 Å². The summed E-state index contributed by atoms with van der Waals surface area (Å²) in [5.41, 5.74) is -0.803. The smallest absolute Gasteiger partial charge is 0.331 e. The molecule has 14 heavy (non-hydrogen) atoms. The van der Waals surface area contributed by atoms with E-state index in [0.717, 1.165) is 0 Å². The van der Waals surface area contributed by atoms with Crippen molar-refractivity contribution in [2.75, 3.05) is 21.3 Å². The Morgan fingerprint density at radius 1 is 1.07 bits per heavy atom. The van der Waals surface area contributed by atoms with Crippen LogP contribution in [-0.2, 0) is 14.2 Å². The molecule has 86 valence electrons. The molecule has 0 aliphatic carbocycles. The van der Waals surface area contributed by atoms with Gasteiger partial charge in [-0.25, -0.2) is 0 Å². The van der Waals surface area contributed by atoms with Crippen molar-refractivity contribution in [2.45, 2.75) is 24.1 Å². The molecule has 0 saturated carbocycles. The Hall–Kier alpha value is -0.113. The summed E-state index contributed by atoms with van der Waals surface area (Å²) in [6.07, 6.45) is -5.19. The van der Waals surface area contributed by atoms with Gasteiger partial charge >= 0.3 is 6.18 Å². The Labute approximate surface area is 83.9 Å². The van der Waals surface area contributed by atoms with E-state index in [1.807, 2.05) is 0 Å². The van der Waals surface area contributed by atoms with Gasteiger partial charge in [0, 0.05) is 37.1 Å². The van der Waals surface area contributed by atoms with E-state index >= 15 is 0 Å². The predicted molar refractivity (Wildman–Crippen MR) is 48.1 cm³/mol. The average Bonchev–Trinajstić information content (AvgIpc) is 2.05. The lowest BCUT2D eigenvalue weighted by molar-refractivity contribution is -0.359. The van der Waals surface area contributed by atoms with E-state index in [-0.39, 0.29) is 10.2 Å². The molecule has 0 N–H and O–H groups in total. The molecule has 0 bridgehead atoms. The average molecular weight is 232 g/mol. The van der Waals surface area contributed by atoms with Crippen LogP contribution in [0.3, 0.4) is 0 Å². The van der Waals surface area contributed by atoms with E-state index in [1.54, 1.807) is 0 Å². The number of halogens is 3. The lowest BCUT2D eigenvalue weighted by Gasteiger charge is -2.34. The summed E-state index contributed by atoms with van der Waals surface area (Å²) in [5.74, 6) is -1.57. The fourth-order valence-corrected chi connectivity index (χ4v) is 2.50. The summed E-state index contributed by atoms with van der Waals surface area (Å²) >= 11 is 0. The van der Waals surface area contributed by atoms with Crippen molar-refractivity contribution in [3.63, 3.8) is 0 Å². The van der Waals surface area contributed by atoms with Gasteiger partial charge < -0.3 is 14.2 Å². The summed E-state index contributed by atoms with van der Waals surface area (Å²) in [7, 11) is 4.04. The second kappa shape index (κ2) is 5.10. The van der Waals surface area contributed by atoms with Crippen LogP contribution >= 0.6 is 0 Å². The van der Waals surface area contributed by atoms with E-state index in [2.05, 4.69) is 0 Å². The summed E-state index contributed by atoms with van der Waals surface area (Å²) < 4.78 is 50.8. The van der Waals surface area contributed by atoms with Crippen LogP contribution in [0.5, 0.6) is 0 Å². The molecule has 0 spiro atoms. The molecule has 0 saturated heterocycles. The number of hydrogen-bond acceptors (Lipinski definition) is 3. The lowest BCUT2D eigenvalue weighted by Crippen LogP contribution is -2.42. The maximum absolute atomic E-state index is 12.1. The number of rotatable bonds is 5. The van der Waals surface area contributed by atoms with Gasteiger partial charge in [-0.2, -0.15) is 13.2 Å². The Morgan fingerprint density at radius 3 is 1.64 bits per heavy atom. The van der Waals surface area contributed by atoms with E-state index in [9.17, 15) is 13.2 Å². The minimum atomic E-state index is -4.23. The van der Waals surface area contributed by atoms with E-state index in [0.29, 0.717) is 0 Å². The number of alkyl halides is 3. The molecule has 0 aliphatic heterocycles. The Bertz CT molecular complexity index is 162. The van der Waals surface area contributed by atoms with E-state index in [4.69, 9.17) is 14.2 Å². The zero-order valence-corrected chi connectivity index (χ0v) is 10.6. The molecular formula is C7H15F3O3Si. The van der Waals surface area contributed by atoms with Crippen LogP contribution in [0, 0.1) is 0 Å². The zero-order chi connectivity index (χ0) is 11.4.